The Morgan fingerprint density at radius 2 is 1.78 bits per heavy atom. The molecule has 15 nitrogen and oxygen atoms in total. The molecule has 0 aliphatic carbocycles. The van der Waals surface area contributed by atoms with Crippen molar-refractivity contribution in [2.75, 3.05) is 43.5 Å². The molecule has 3 saturated heterocycles. The molecule has 15 heteroatoms. The Bertz CT molecular complexity index is 2210. The highest BCUT2D eigenvalue weighted by molar-refractivity contribution is 6.05. The molecule has 0 bridgehead atoms. The number of imide groups is 1. The summed E-state index contributed by atoms with van der Waals surface area (Å²) in [6.45, 7) is 3.67. The van der Waals surface area contributed by atoms with Gasteiger partial charge in [-0.3, -0.25) is 34.1 Å². The lowest BCUT2D eigenvalue weighted by Gasteiger charge is -2.33. The first kappa shape index (κ1) is 36.1. The number of nitrogens with one attached hydrogen (secondary N) is 4. The van der Waals surface area contributed by atoms with Crippen LogP contribution in [0, 0.1) is 0 Å². The van der Waals surface area contributed by atoms with Crippen LogP contribution in [0.15, 0.2) is 73.2 Å². The van der Waals surface area contributed by atoms with Gasteiger partial charge in [0.05, 0.1) is 31.0 Å². The molecular formula is C40H44N10O5. The molecule has 3 aliphatic rings. The third kappa shape index (κ3) is 8.27. The quantitative estimate of drug-likeness (QED) is 0.144. The Hall–Kier alpha value is -5.93. The minimum Gasteiger partial charge on any atom is -0.376 e. The molecule has 1 aromatic carbocycles. The monoisotopic (exact) mass is 744 g/mol. The standard InChI is InChI=1S/C40H44N10O5/c1-48-15-3-5-34(48)33-20-27-22-41-35(21-32(27)43-33)46-38(52)26-9-7-25(8-10-26)28-23-42-50(24-28)18-19-55-29-13-16-49(17-14-29)36-6-2-4-30(44-36)39(53)45-31-11-12-37(51)47-40(31)54/h2,4,6-10,20-24,29,31,34,43H,3,5,11-19H2,1H3,(H,45,53)(H,41,46,52)(H,47,51,54)/t31-,34+/m0/s1. The van der Waals surface area contributed by atoms with Crippen molar-refractivity contribution in [2.45, 2.75) is 63.3 Å². The largest absolute Gasteiger partial charge is 0.376 e. The summed E-state index contributed by atoms with van der Waals surface area (Å²) in [6, 6.07) is 16.4. The molecule has 3 aliphatic heterocycles. The summed E-state index contributed by atoms with van der Waals surface area (Å²) in [6.07, 6.45) is 10.1. The van der Waals surface area contributed by atoms with Crippen molar-refractivity contribution in [1.82, 2.24) is 40.3 Å². The Labute approximate surface area is 317 Å². The van der Waals surface area contributed by atoms with Crippen molar-refractivity contribution in [3.05, 3.63) is 90.1 Å². The van der Waals surface area contributed by atoms with Gasteiger partial charge in [0.1, 0.15) is 23.4 Å². The van der Waals surface area contributed by atoms with Crippen LogP contribution in [0.3, 0.4) is 0 Å². The molecule has 7 heterocycles. The number of aromatic amines is 1. The van der Waals surface area contributed by atoms with E-state index < -0.39 is 17.9 Å². The highest BCUT2D eigenvalue weighted by atomic mass is 16.5. The zero-order chi connectivity index (χ0) is 37.9. The number of amides is 4. The molecule has 4 N–H and O–H groups in total. The predicted octanol–water partition coefficient (Wildman–Crippen LogP) is 4.06. The van der Waals surface area contributed by atoms with Crippen molar-refractivity contribution in [3.63, 3.8) is 0 Å². The van der Waals surface area contributed by atoms with Gasteiger partial charge in [-0.15, -0.1) is 0 Å². The molecule has 284 valence electrons. The fourth-order valence-corrected chi connectivity index (χ4v) is 7.59. The molecule has 0 unspecified atom stereocenters. The van der Waals surface area contributed by atoms with Gasteiger partial charge in [0, 0.05) is 66.2 Å². The van der Waals surface area contributed by atoms with Gasteiger partial charge < -0.3 is 25.3 Å². The van der Waals surface area contributed by atoms with E-state index in [-0.39, 0.29) is 36.5 Å². The number of H-pyrrole nitrogens is 1. The van der Waals surface area contributed by atoms with Crippen LogP contribution in [0.2, 0.25) is 0 Å². The van der Waals surface area contributed by atoms with Crippen LogP contribution < -0.4 is 20.9 Å². The van der Waals surface area contributed by atoms with Crippen LogP contribution in [0.1, 0.15) is 71.1 Å². The van der Waals surface area contributed by atoms with Crippen molar-refractivity contribution in [1.29, 1.82) is 0 Å². The van der Waals surface area contributed by atoms with Gasteiger partial charge >= 0.3 is 0 Å². The minimum absolute atomic E-state index is 0.0975. The fourth-order valence-electron chi connectivity index (χ4n) is 7.59. The molecule has 3 fully saturated rings. The number of rotatable bonds is 11. The molecule has 0 radical (unpaired) electrons. The maximum Gasteiger partial charge on any atom is 0.270 e. The van der Waals surface area contributed by atoms with Crippen LogP contribution in [-0.4, -0.2) is 98.7 Å². The lowest BCUT2D eigenvalue weighted by atomic mass is 10.1. The van der Waals surface area contributed by atoms with Gasteiger partial charge in [-0.25, -0.2) is 9.97 Å². The van der Waals surface area contributed by atoms with Crippen molar-refractivity contribution in [2.24, 2.45) is 0 Å². The third-order valence-electron chi connectivity index (χ3n) is 10.7. The van der Waals surface area contributed by atoms with E-state index >= 15 is 0 Å². The van der Waals surface area contributed by atoms with E-state index in [9.17, 15) is 19.2 Å². The normalized spacial score (nSPS) is 19.5. The summed E-state index contributed by atoms with van der Waals surface area (Å²) in [7, 11) is 2.15. The first-order chi connectivity index (χ1) is 26.8. The smallest absolute Gasteiger partial charge is 0.270 e. The number of likely N-dealkylation sites (tertiary alicyclic amines) is 1. The Balaban J connectivity index is 0.780. The summed E-state index contributed by atoms with van der Waals surface area (Å²) < 4.78 is 8.07. The number of carbonyl (C=O) groups is 4. The molecule has 5 aromatic rings. The zero-order valence-corrected chi connectivity index (χ0v) is 30.7. The first-order valence-electron chi connectivity index (χ1n) is 18.9. The van der Waals surface area contributed by atoms with E-state index in [2.05, 4.69) is 58.9 Å². The van der Waals surface area contributed by atoms with Crippen LogP contribution in [0.5, 0.6) is 0 Å². The SMILES string of the molecule is CN1CCC[C@@H]1c1cc2cnc(NC(=O)c3ccc(-c4cnn(CCOC5CCN(c6cccc(C(=O)N[C@H]7CCC(=O)NC7=O)n6)CC5)c4)cc3)cc2[nH]1. The molecule has 4 amide bonds. The summed E-state index contributed by atoms with van der Waals surface area (Å²) in [5, 5.41) is 13.4. The summed E-state index contributed by atoms with van der Waals surface area (Å²) >= 11 is 0. The number of pyridine rings is 2. The second kappa shape index (κ2) is 15.8. The van der Waals surface area contributed by atoms with Crippen molar-refractivity contribution >= 4 is 46.2 Å². The maximum atomic E-state index is 13.1. The van der Waals surface area contributed by atoms with Crippen LogP contribution in [0.25, 0.3) is 22.0 Å². The average Bonchev–Trinajstić information content (AvgIpc) is 3.96. The topological polar surface area (TPSA) is 179 Å². The van der Waals surface area contributed by atoms with E-state index in [1.54, 1.807) is 30.5 Å². The summed E-state index contributed by atoms with van der Waals surface area (Å²) in [5.74, 6) is -0.301. The number of ether oxygens (including phenoxy) is 1. The Morgan fingerprint density at radius 1 is 0.945 bits per heavy atom. The highest BCUT2D eigenvalue weighted by Gasteiger charge is 2.29. The van der Waals surface area contributed by atoms with E-state index in [4.69, 9.17) is 4.74 Å². The van der Waals surface area contributed by atoms with E-state index in [0.717, 1.165) is 60.9 Å². The van der Waals surface area contributed by atoms with Crippen molar-refractivity contribution < 1.29 is 23.9 Å². The first-order valence-corrected chi connectivity index (χ1v) is 18.9. The van der Waals surface area contributed by atoms with Crippen LogP contribution >= 0.6 is 0 Å². The van der Waals surface area contributed by atoms with Gasteiger partial charge in [0.15, 0.2) is 0 Å². The van der Waals surface area contributed by atoms with Gasteiger partial charge in [0.2, 0.25) is 11.8 Å². The second-order valence-corrected chi connectivity index (χ2v) is 14.5. The van der Waals surface area contributed by atoms with E-state index in [1.165, 1.54) is 12.1 Å². The summed E-state index contributed by atoms with van der Waals surface area (Å²) in [5.41, 5.74) is 4.80. The number of aromatic nitrogens is 5. The number of fused-ring (bicyclic) bond motifs is 1. The number of hydrogen-bond donors (Lipinski definition) is 4. The third-order valence-corrected chi connectivity index (χ3v) is 10.7. The number of carbonyl (C=O) groups excluding carboxylic acids is 4. The van der Waals surface area contributed by atoms with Gasteiger partial charge in [-0.1, -0.05) is 18.2 Å². The lowest BCUT2D eigenvalue weighted by molar-refractivity contribution is -0.134. The number of nitrogens with zero attached hydrogens (tertiary/aromatic N) is 6. The number of anilines is 2. The Kier molecular flexibility index (Phi) is 10.4. The predicted molar refractivity (Wildman–Crippen MR) is 205 cm³/mol. The number of piperidine rings is 2. The molecule has 8 rings (SSSR count). The second-order valence-electron chi connectivity index (χ2n) is 14.5. The lowest BCUT2D eigenvalue weighted by Crippen LogP contribution is -2.52. The van der Waals surface area contributed by atoms with Crippen LogP contribution in [-0.2, 0) is 20.9 Å². The van der Waals surface area contributed by atoms with Gasteiger partial charge in [-0.05, 0) is 81.6 Å². The molecular weight excluding hydrogens is 701 g/mol. The van der Waals surface area contributed by atoms with Crippen LogP contribution in [0.4, 0.5) is 11.6 Å². The number of benzene rings is 1. The number of hydrogen-bond acceptors (Lipinski definition) is 10. The molecule has 2 atom stereocenters. The highest BCUT2D eigenvalue weighted by Crippen LogP contribution is 2.32. The zero-order valence-electron chi connectivity index (χ0n) is 30.7. The molecule has 4 aromatic heterocycles. The van der Waals surface area contributed by atoms with E-state index in [0.29, 0.717) is 36.4 Å². The minimum atomic E-state index is -0.753. The fraction of sp³-hybridized carbons (Fsp3) is 0.375. The maximum absolute atomic E-state index is 13.1. The molecule has 55 heavy (non-hydrogen) atoms. The molecule has 0 saturated carbocycles. The van der Waals surface area contributed by atoms with Crippen molar-refractivity contribution in [3.8, 4) is 11.1 Å². The van der Waals surface area contributed by atoms with Gasteiger partial charge in [0.25, 0.3) is 11.8 Å². The summed E-state index contributed by atoms with van der Waals surface area (Å²) in [4.78, 5) is 66.4. The van der Waals surface area contributed by atoms with Gasteiger partial charge in [-0.2, -0.15) is 5.10 Å². The Morgan fingerprint density at radius 3 is 2.56 bits per heavy atom. The molecule has 0 spiro atoms. The van der Waals surface area contributed by atoms with E-state index in [1.807, 2.05) is 41.3 Å². The average molecular weight is 745 g/mol.